The number of hydrogen-bond donors (Lipinski definition) is 0. The number of rotatable bonds is 5. The Labute approximate surface area is 199 Å². The summed E-state index contributed by atoms with van der Waals surface area (Å²) in [7, 11) is 0. The van der Waals surface area contributed by atoms with Crippen LogP contribution in [0.4, 0.5) is 0 Å². The topological polar surface area (TPSA) is 33.0 Å². The lowest BCUT2D eigenvalue weighted by Crippen LogP contribution is -1.97. The van der Waals surface area contributed by atoms with Crippen molar-refractivity contribution in [1.82, 2.24) is 0 Å². The van der Waals surface area contributed by atoms with Crippen molar-refractivity contribution in [3.8, 4) is 11.8 Å². The predicted molar refractivity (Wildman–Crippen MR) is 132 cm³/mol. The lowest BCUT2D eigenvalue weighted by atomic mass is 10.00. The number of allylic oxidation sites excluding steroid dienone is 1. The van der Waals surface area contributed by atoms with Crippen molar-refractivity contribution >= 4 is 61.6 Å². The number of nitriles is 1. The smallest absolute Gasteiger partial charge is 0.157 e. The summed E-state index contributed by atoms with van der Waals surface area (Å²) in [6.07, 6.45) is 1.78. The third kappa shape index (κ3) is 5.11. The van der Waals surface area contributed by atoms with Gasteiger partial charge >= 0.3 is 0 Å². The normalized spacial score (nSPS) is 11.4. The maximum absolute atomic E-state index is 9.72. The Morgan fingerprint density at radius 1 is 0.903 bits per heavy atom. The SMILES string of the molecule is N#C/C(=C/c1cc(Cl)c(OCc2ccc(Br)cc2)c(Cl)c1)c1ccc2ccccc2c1. The molecule has 0 aliphatic carbocycles. The van der Waals surface area contributed by atoms with Gasteiger partial charge in [0.2, 0.25) is 0 Å². The Morgan fingerprint density at radius 3 is 2.26 bits per heavy atom. The van der Waals surface area contributed by atoms with E-state index in [2.05, 4.69) is 22.0 Å². The molecule has 0 heterocycles. The molecule has 2 nitrogen and oxygen atoms in total. The van der Waals surface area contributed by atoms with E-state index in [1.807, 2.05) is 66.7 Å². The standard InChI is InChI=1S/C26H16BrCl2NO/c27-23-9-5-17(6-10-23)16-31-26-24(28)12-18(13-25(26)29)11-22(15-30)21-8-7-19-3-1-2-4-20(19)14-21/h1-14H,16H2/b22-11-. The highest BCUT2D eigenvalue weighted by Gasteiger charge is 2.11. The van der Waals surface area contributed by atoms with Crippen LogP contribution in [0.3, 0.4) is 0 Å². The maximum Gasteiger partial charge on any atom is 0.157 e. The number of ether oxygens (including phenoxy) is 1. The van der Waals surface area contributed by atoms with Crippen molar-refractivity contribution < 1.29 is 4.74 Å². The van der Waals surface area contributed by atoms with Gasteiger partial charge in [-0.3, -0.25) is 0 Å². The van der Waals surface area contributed by atoms with Crippen molar-refractivity contribution in [2.45, 2.75) is 6.61 Å². The van der Waals surface area contributed by atoms with Crippen LogP contribution in [0.25, 0.3) is 22.4 Å². The van der Waals surface area contributed by atoms with E-state index in [4.69, 9.17) is 27.9 Å². The van der Waals surface area contributed by atoms with Crippen LogP contribution >= 0.6 is 39.1 Å². The molecule has 4 rings (SSSR count). The van der Waals surface area contributed by atoms with Crippen LogP contribution in [0.5, 0.6) is 5.75 Å². The molecule has 0 fully saturated rings. The van der Waals surface area contributed by atoms with E-state index in [9.17, 15) is 5.26 Å². The molecule has 0 N–H and O–H groups in total. The molecule has 152 valence electrons. The summed E-state index contributed by atoms with van der Waals surface area (Å²) in [5.41, 5.74) is 3.10. The fourth-order valence-corrected chi connectivity index (χ4v) is 4.12. The molecule has 5 heteroatoms. The van der Waals surface area contributed by atoms with Crippen molar-refractivity contribution in [3.63, 3.8) is 0 Å². The number of fused-ring (bicyclic) bond motifs is 1. The predicted octanol–water partition coefficient (Wildman–Crippen LogP) is 8.55. The van der Waals surface area contributed by atoms with E-state index in [-0.39, 0.29) is 0 Å². The molecule has 0 atom stereocenters. The highest BCUT2D eigenvalue weighted by Crippen LogP contribution is 2.36. The summed E-state index contributed by atoms with van der Waals surface area (Å²) in [4.78, 5) is 0. The largest absolute Gasteiger partial charge is 0.486 e. The number of benzene rings is 4. The Kier molecular flexibility index (Phi) is 6.63. The first kappa shape index (κ1) is 21.5. The Bertz CT molecular complexity index is 1300. The molecular formula is C26H16BrCl2NO. The lowest BCUT2D eigenvalue weighted by molar-refractivity contribution is 0.306. The Morgan fingerprint density at radius 2 is 1.58 bits per heavy atom. The molecule has 31 heavy (non-hydrogen) atoms. The number of halogens is 3. The molecule has 0 saturated heterocycles. The summed E-state index contributed by atoms with van der Waals surface area (Å²) in [5, 5.41) is 12.7. The molecule has 0 aliphatic heterocycles. The van der Waals surface area contributed by atoms with Gasteiger partial charge in [-0.2, -0.15) is 5.26 Å². The summed E-state index contributed by atoms with van der Waals surface area (Å²) in [6, 6.07) is 27.6. The van der Waals surface area contributed by atoms with Gasteiger partial charge in [0.05, 0.1) is 21.7 Å². The molecule has 0 amide bonds. The molecule has 0 aromatic heterocycles. The second kappa shape index (κ2) is 9.58. The van der Waals surface area contributed by atoms with Crippen LogP contribution in [0.1, 0.15) is 16.7 Å². The van der Waals surface area contributed by atoms with E-state index in [0.29, 0.717) is 28.0 Å². The fraction of sp³-hybridized carbons (Fsp3) is 0.0385. The van der Waals surface area contributed by atoms with Crippen LogP contribution in [0.2, 0.25) is 10.0 Å². The lowest BCUT2D eigenvalue weighted by Gasteiger charge is -2.11. The van der Waals surface area contributed by atoms with Gasteiger partial charge in [-0.1, -0.05) is 87.7 Å². The second-order valence-electron chi connectivity index (χ2n) is 6.96. The van der Waals surface area contributed by atoms with E-state index >= 15 is 0 Å². The van der Waals surface area contributed by atoms with Crippen LogP contribution in [-0.2, 0) is 6.61 Å². The minimum atomic E-state index is 0.350. The molecule has 0 saturated carbocycles. The van der Waals surface area contributed by atoms with Crippen molar-refractivity contribution in [2.75, 3.05) is 0 Å². The minimum absolute atomic E-state index is 0.350. The van der Waals surface area contributed by atoms with Crippen LogP contribution in [0.15, 0.2) is 83.3 Å². The molecule has 0 spiro atoms. The zero-order valence-electron chi connectivity index (χ0n) is 16.3. The summed E-state index contributed by atoms with van der Waals surface area (Å²) in [6.45, 7) is 0.350. The van der Waals surface area contributed by atoms with Crippen LogP contribution < -0.4 is 4.74 Å². The monoisotopic (exact) mass is 507 g/mol. The molecule has 4 aromatic rings. The van der Waals surface area contributed by atoms with Gasteiger partial charge in [0.1, 0.15) is 6.61 Å². The zero-order valence-corrected chi connectivity index (χ0v) is 19.4. The average Bonchev–Trinajstić information content (AvgIpc) is 2.78. The Balaban J connectivity index is 1.60. The first-order valence-electron chi connectivity index (χ1n) is 9.51. The third-order valence-corrected chi connectivity index (χ3v) is 5.90. The molecule has 0 radical (unpaired) electrons. The van der Waals surface area contributed by atoms with Crippen LogP contribution in [-0.4, -0.2) is 0 Å². The minimum Gasteiger partial charge on any atom is -0.486 e. The van der Waals surface area contributed by atoms with Crippen LogP contribution in [0, 0.1) is 11.3 Å². The Hall–Kier alpha value is -2.77. The molecule has 0 bridgehead atoms. The van der Waals surface area contributed by atoms with Crippen molar-refractivity contribution in [3.05, 3.63) is 110 Å². The van der Waals surface area contributed by atoms with E-state index < -0.39 is 0 Å². The number of nitrogens with zero attached hydrogens (tertiary/aromatic N) is 1. The van der Waals surface area contributed by atoms with Gasteiger partial charge in [-0.25, -0.2) is 0 Å². The van der Waals surface area contributed by atoms with Gasteiger partial charge in [-0.15, -0.1) is 0 Å². The number of hydrogen-bond acceptors (Lipinski definition) is 2. The summed E-state index contributed by atoms with van der Waals surface area (Å²) in [5.74, 6) is 0.424. The molecule has 0 unspecified atom stereocenters. The third-order valence-electron chi connectivity index (χ3n) is 4.81. The zero-order chi connectivity index (χ0) is 21.8. The molecule has 4 aromatic carbocycles. The van der Waals surface area contributed by atoms with Gasteiger partial charge in [0.15, 0.2) is 5.75 Å². The first-order valence-corrected chi connectivity index (χ1v) is 11.1. The van der Waals surface area contributed by atoms with E-state index in [0.717, 1.165) is 31.9 Å². The molecular weight excluding hydrogens is 493 g/mol. The summed E-state index contributed by atoms with van der Waals surface area (Å²) >= 11 is 16.3. The maximum atomic E-state index is 9.72. The van der Waals surface area contributed by atoms with Gasteiger partial charge in [0.25, 0.3) is 0 Å². The second-order valence-corrected chi connectivity index (χ2v) is 8.69. The summed E-state index contributed by atoms with van der Waals surface area (Å²) < 4.78 is 6.85. The van der Waals surface area contributed by atoms with Crippen molar-refractivity contribution in [2.24, 2.45) is 0 Å². The van der Waals surface area contributed by atoms with Crippen molar-refractivity contribution in [1.29, 1.82) is 5.26 Å². The fourth-order valence-electron chi connectivity index (χ4n) is 3.24. The average molecular weight is 509 g/mol. The highest BCUT2D eigenvalue weighted by atomic mass is 79.9. The first-order chi connectivity index (χ1) is 15.0. The van der Waals surface area contributed by atoms with Gasteiger partial charge in [0, 0.05) is 4.47 Å². The van der Waals surface area contributed by atoms with Gasteiger partial charge < -0.3 is 4.74 Å². The van der Waals surface area contributed by atoms with E-state index in [1.54, 1.807) is 18.2 Å². The van der Waals surface area contributed by atoms with E-state index in [1.165, 1.54) is 0 Å². The molecule has 0 aliphatic rings. The highest BCUT2D eigenvalue weighted by molar-refractivity contribution is 9.10. The quantitative estimate of drug-likeness (QED) is 0.200. The van der Waals surface area contributed by atoms with Gasteiger partial charge in [-0.05, 0) is 63.9 Å².